The van der Waals surface area contributed by atoms with E-state index in [0.29, 0.717) is 36.2 Å². The van der Waals surface area contributed by atoms with Crippen LogP contribution >= 0.6 is 0 Å². The predicted molar refractivity (Wildman–Crippen MR) is 85.9 cm³/mol. The maximum Gasteiger partial charge on any atom is 0.238 e. The normalized spacial score (nSPS) is 10.4. The highest BCUT2D eigenvalue weighted by molar-refractivity contribution is 5.41. The Morgan fingerprint density at radius 1 is 0.682 bits per heavy atom. The highest BCUT2D eigenvalue weighted by Crippen LogP contribution is 2.30. The van der Waals surface area contributed by atoms with Crippen LogP contribution in [0, 0.1) is 0 Å². The van der Waals surface area contributed by atoms with Crippen molar-refractivity contribution in [2.24, 2.45) is 0 Å². The summed E-state index contributed by atoms with van der Waals surface area (Å²) in [6.07, 6.45) is -0.469. The van der Waals surface area contributed by atoms with Gasteiger partial charge in [-0.05, 0) is 38.1 Å². The van der Waals surface area contributed by atoms with Gasteiger partial charge in [-0.15, -0.1) is 0 Å². The second-order valence-corrected chi connectivity index (χ2v) is 4.56. The molecule has 2 aromatic rings. The number of benzene rings is 2. The topological polar surface area (TPSA) is 36.9 Å². The van der Waals surface area contributed by atoms with Crippen molar-refractivity contribution in [3.63, 3.8) is 0 Å². The molecule has 0 aliphatic rings. The van der Waals surface area contributed by atoms with Crippen molar-refractivity contribution in [2.75, 3.05) is 13.2 Å². The molecule has 0 atom stereocenters. The van der Waals surface area contributed by atoms with E-state index in [1.165, 1.54) is 0 Å². The first-order valence-electron chi connectivity index (χ1n) is 7.51. The molecule has 0 saturated carbocycles. The van der Waals surface area contributed by atoms with E-state index in [2.05, 4.69) is 0 Å². The molecule has 0 spiro atoms. The zero-order valence-electron chi connectivity index (χ0n) is 13.2. The summed E-state index contributed by atoms with van der Waals surface area (Å²) in [7, 11) is 0. The molecule has 4 nitrogen and oxygen atoms in total. The number of hydrogen-bond donors (Lipinski definition) is 0. The molecular formula is C18H22O4. The Morgan fingerprint density at radius 3 is 1.41 bits per heavy atom. The number of ether oxygens (including phenoxy) is 4. The number of para-hydroxylation sites is 4. The molecule has 4 heteroatoms. The summed E-state index contributed by atoms with van der Waals surface area (Å²) >= 11 is 0. The number of hydrogen-bond acceptors (Lipinski definition) is 4. The third-order valence-corrected chi connectivity index (χ3v) is 2.88. The zero-order chi connectivity index (χ0) is 15.8. The summed E-state index contributed by atoms with van der Waals surface area (Å²) in [5, 5.41) is 0. The molecule has 0 fully saturated rings. The smallest absolute Gasteiger partial charge is 0.238 e. The van der Waals surface area contributed by atoms with Crippen molar-refractivity contribution >= 4 is 0 Å². The van der Waals surface area contributed by atoms with Crippen LogP contribution in [0.2, 0.25) is 0 Å². The molecule has 0 bridgehead atoms. The minimum atomic E-state index is -0.469. The van der Waals surface area contributed by atoms with E-state index < -0.39 is 6.29 Å². The molecule has 118 valence electrons. The molecule has 0 aromatic heterocycles. The van der Waals surface area contributed by atoms with Crippen molar-refractivity contribution in [3.05, 3.63) is 48.5 Å². The van der Waals surface area contributed by atoms with Gasteiger partial charge in [0, 0.05) is 6.92 Å². The monoisotopic (exact) mass is 302 g/mol. The van der Waals surface area contributed by atoms with Crippen molar-refractivity contribution in [2.45, 2.75) is 27.1 Å². The summed E-state index contributed by atoms with van der Waals surface area (Å²) in [5.74, 6) is 2.73. The van der Waals surface area contributed by atoms with Crippen LogP contribution in [0.4, 0.5) is 0 Å². The molecule has 0 heterocycles. The van der Waals surface area contributed by atoms with Crippen LogP contribution in [0.3, 0.4) is 0 Å². The second kappa shape index (κ2) is 8.17. The lowest BCUT2D eigenvalue weighted by Crippen LogP contribution is -2.20. The van der Waals surface area contributed by atoms with E-state index in [0.717, 1.165) is 0 Å². The lowest BCUT2D eigenvalue weighted by Gasteiger charge is -2.20. The van der Waals surface area contributed by atoms with Gasteiger partial charge in [0.05, 0.1) is 13.2 Å². The Balaban J connectivity index is 2.06. The van der Waals surface area contributed by atoms with Gasteiger partial charge in [-0.25, -0.2) is 0 Å². The van der Waals surface area contributed by atoms with Crippen LogP contribution in [0.25, 0.3) is 0 Å². The fourth-order valence-corrected chi connectivity index (χ4v) is 2.03. The molecule has 0 N–H and O–H groups in total. The largest absolute Gasteiger partial charge is 0.490 e. The highest BCUT2D eigenvalue weighted by Gasteiger charge is 2.12. The van der Waals surface area contributed by atoms with Crippen LogP contribution in [0.1, 0.15) is 20.8 Å². The Labute approximate surface area is 131 Å². The molecular weight excluding hydrogens is 280 g/mol. The molecule has 22 heavy (non-hydrogen) atoms. The average molecular weight is 302 g/mol. The van der Waals surface area contributed by atoms with Gasteiger partial charge >= 0.3 is 0 Å². The van der Waals surface area contributed by atoms with E-state index in [9.17, 15) is 0 Å². The molecule has 0 saturated heterocycles. The maximum absolute atomic E-state index is 5.83. The van der Waals surface area contributed by atoms with Crippen molar-refractivity contribution in [3.8, 4) is 23.0 Å². The lowest BCUT2D eigenvalue weighted by molar-refractivity contribution is 0.0175. The van der Waals surface area contributed by atoms with Crippen LogP contribution in [-0.2, 0) is 0 Å². The molecule has 0 aliphatic heterocycles. The maximum atomic E-state index is 5.83. The third kappa shape index (κ3) is 4.32. The Morgan fingerprint density at radius 2 is 1.05 bits per heavy atom. The lowest BCUT2D eigenvalue weighted by atomic mass is 10.3. The van der Waals surface area contributed by atoms with E-state index in [1.54, 1.807) is 0 Å². The van der Waals surface area contributed by atoms with Gasteiger partial charge in [0.1, 0.15) is 0 Å². The minimum Gasteiger partial charge on any atom is -0.490 e. The molecule has 2 rings (SSSR count). The second-order valence-electron chi connectivity index (χ2n) is 4.56. The number of rotatable bonds is 8. The van der Waals surface area contributed by atoms with Gasteiger partial charge in [-0.2, -0.15) is 0 Å². The van der Waals surface area contributed by atoms with Crippen molar-refractivity contribution in [1.82, 2.24) is 0 Å². The van der Waals surface area contributed by atoms with E-state index in [4.69, 9.17) is 18.9 Å². The third-order valence-electron chi connectivity index (χ3n) is 2.88. The van der Waals surface area contributed by atoms with Gasteiger partial charge in [0.25, 0.3) is 0 Å². The van der Waals surface area contributed by atoms with E-state index in [1.807, 2.05) is 69.3 Å². The summed E-state index contributed by atoms with van der Waals surface area (Å²) in [4.78, 5) is 0. The van der Waals surface area contributed by atoms with Gasteiger partial charge in [-0.3, -0.25) is 0 Å². The first kappa shape index (κ1) is 16.0. The highest BCUT2D eigenvalue weighted by atomic mass is 16.7. The minimum absolute atomic E-state index is 0.469. The quantitative estimate of drug-likeness (QED) is 0.682. The average Bonchev–Trinajstić information content (AvgIpc) is 2.52. The summed E-state index contributed by atoms with van der Waals surface area (Å²) in [6.45, 7) is 6.89. The van der Waals surface area contributed by atoms with Gasteiger partial charge in [-0.1, -0.05) is 24.3 Å². The summed E-state index contributed by atoms with van der Waals surface area (Å²) < 4.78 is 22.8. The van der Waals surface area contributed by atoms with E-state index >= 15 is 0 Å². The fraction of sp³-hybridized carbons (Fsp3) is 0.333. The first-order chi connectivity index (χ1) is 10.7. The standard InChI is InChI=1S/C18H22O4/c1-4-19-15-10-6-8-12-17(15)21-14(3)22-18-13-9-7-11-16(18)20-5-2/h6-14H,4-5H2,1-3H3. The molecule has 0 aliphatic carbocycles. The van der Waals surface area contributed by atoms with Crippen LogP contribution < -0.4 is 18.9 Å². The van der Waals surface area contributed by atoms with Crippen molar-refractivity contribution < 1.29 is 18.9 Å². The summed E-state index contributed by atoms with van der Waals surface area (Å²) in [5.41, 5.74) is 0. The Hall–Kier alpha value is -2.36. The van der Waals surface area contributed by atoms with Crippen LogP contribution in [0.15, 0.2) is 48.5 Å². The predicted octanol–water partition coefficient (Wildman–Crippen LogP) is 4.29. The zero-order valence-corrected chi connectivity index (χ0v) is 13.2. The van der Waals surface area contributed by atoms with Gasteiger partial charge < -0.3 is 18.9 Å². The van der Waals surface area contributed by atoms with Gasteiger partial charge in [0.15, 0.2) is 23.0 Å². The molecule has 0 radical (unpaired) electrons. The molecule has 2 aromatic carbocycles. The molecule has 0 unspecified atom stereocenters. The van der Waals surface area contributed by atoms with Crippen molar-refractivity contribution in [1.29, 1.82) is 0 Å². The SMILES string of the molecule is CCOc1ccccc1OC(C)Oc1ccccc1OCC. The van der Waals surface area contributed by atoms with Crippen LogP contribution in [-0.4, -0.2) is 19.5 Å². The van der Waals surface area contributed by atoms with Crippen LogP contribution in [0.5, 0.6) is 23.0 Å². The Bertz CT molecular complexity index is 531. The fourth-order valence-electron chi connectivity index (χ4n) is 2.03. The molecule has 0 amide bonds. The Kier molecular flexibility index (Phi) is 5.95. The van der Waals surface area contributed by atoms with E-state index in [-0.39, 0.29) is 0 Å². The van der Waals surface area contributed by atoms with Gasteiger partial charge in [0.2, 0.25) is 6.29 Å². The summed E-state index contributed by atoms with van der Waals surface area (Å²) in [6, 6.07) is 15.1. The first-order valence-corrected chi connectivity index (χ1v) is 7.51.